The molecule has 2 N–H and O–H groups in total. The maximum absolute atomic E-state index is 12.1. The third-order valence-electron chi connectivity index (χ3n) is 2.42. The molecule has 0 aliphatic rings. The Balaban J connectivity index is 2.90. The molecular formula is C13H16ClNO3S. The highest BCUT2D eigenvalue weighted by Gasteiger charge is 2.20. The Morgan fingerprint density at radius 3 is 2.74 bits per heavy atom. The molecule has 6 heteroatoms. The molecule has 1 amide bonds. The number of carboxylic acid groups (broad SMARTS) is 1. The first-order valence-corrected chi connectivity index (χ1v) is 7.41. The Morgan fingerprint density at radius 1 is 1.47 bits per heavy atom. The zero-order valence-electron chi connectivity index (χ0n) is 10.8. The molecule has 1 rings (SSSR count). The first kappa shape index (κ1) is 15.9. The molecule has 4 nitrogen and oxygen atoms in total. The van der Waals surface area contributed by atoms with E-state index in [9.17, 15) is 9.59 Å². The summed E-state index contributed by atoms with van der Waals surface area (Å²) in [6.45, 7) is 3.91. The van der Waals surface area contributed by atoms with Crippen LogP contribution in [-0.4, -0.2) is 34.5 Å². The van der Waals surface area contributed by atoms with Crippen LogP contribution in [0.15, 0.2) is 18.2 Å². The molecule has 1 atom stereocenters. The fourth-order valence-corrected chi connectivity index (χ4v) is 2.50. The lowest BCUT2D eigenvalue weighted by molar-refractivity contribution is 0.0690. The molecule has 0 fully saturated rings. The van der Waals surface area contributed by atoms with E-state index in [1.165, 1.54) is 18.2 Å². The van der Waals surface area contributed by atoms with Crippen molar-refractivity contribution < 1.29 is 14.7 Å². The number of carboxylic acids is 1. The predicted octanol–water partition coefficient (Wildman–Crippen LogP) is 2.91. The lowest BCUT2D eigenvalue weighted by Crippen LogP contribution is -2.35. The molecule has 0 aromatic heterocycles. The van der Waals surface area contributed by atoms with Gasteiger partial charge in [-0.1, -0.05) is 24.6 Å². The number of aromatic carboxylic acids is 1. The highest BCUT2D eigenvalue weighted by atomic mass is 35.5. The van der Waals surface area contributed by atoms with Crippen molar-refractivity contribution in [3.8, 4) is 0 Å². The van der Waals surface area contributed by atoms with Gasteiger partial charge in [0.15, 0.2) is 0 Å². The molecule has 0 radical (unpaired) electrons. The summed E-state index contributed by atoms with van der Waals surface area (Å²) in [5.74, 6) is 0.123. The van der Waals surface area contributed by atoms with Gasteiger partial charge in [0.1, 0.15) is 0 Å². The number of carbonyl (C=O) groups is 2. The van der Waals surface area contributed by atoms with Crippen LogP contribution in [0.1, 0.15) is 34.6 Å². The summed E-state index contributed by atoms with van der Waals surface area (Å²) in [5.41, 5.74) is -0.0645. The predicted molar refractivity (Wildman–Crippen MR) is 78.3 cm³/mol. The van der Waals surface area contributed by atoms with Crippen molar-refractivity contribution >= 4 is 35.2 Å². The van der Waals surface area contributed by atoms with Crippen molar-refractivity contribution in [1.29, 1.82) is 0 Å². The molecule has 0 heterocycles. The Kier molecular flexibility index (Phi) is 6.18. The number of amides is 1. The van der Waals surface area contributed by atoms with Gasteiger partial charge < -0.3 is 10.4 Å². The summed E-state index contributed by atoms with van der Waals surface area (Å²) >= 11 is 7.63. The molecular weight excluding hydrogens is 286 g/mol. The molecule has 0 bridgehead atoms. The van der Waals surface area contributed by atoms with Crippen LogP contribution in [0.25, 0.3) is 0 Å². The molecule has 0 spiro atoms. The van der Waals surface area contributed by atoms with E-state index < -0.39 is 11.9 Å². The number of halogens is 1. The second-order valence-corrected chi connectivity index (χ2v) is 5.73. The van der Waals surface area contributed by atoms with Gasteiger partial charge in [-0.2, -0.15) is 11.8 Å². The van der Waals surface area contributed by atoms with Crippen LogP contribution in [0.3, 0.4) is 0 Å². The van der Waals surface area contributed by atoms with Gasteiger partial charge in [0.05, 0.1) is 16.1 Å². The minimum atomic E-state index is -1.16. The second kappa shape index (κ2) is 7.40. The van der Waals surface area contributed by atoms with Crippen molar-refractivity contribution in [1.82, 2.24) is 5.32 Å². The van der Waals surface area contributed by atoms with Crippen molar-refractivity contribution in [2.75, 3.05) is 11.5 Å². The number of thioether (sulfide) groups is 1. The van der Waals surface area contributed by atoms with E-state index in [0.717, 1.165) is 11.5 Å². The molecule has 19 heavy (non-hydrogen) atoms. The molecule has 104 valence electrons. The molecule has 0 saturated heterocycles. The standard InChI is InChI=1S/C13H16ClNO3S/c1-3-19-7-8(2)15-12(16)11-9(13(17)18)5-4-6-10(11)14/h4-6,8H,3,7H2,1-2H3,(H,15,16)(H,17,18). The van der Waals surface area contributed by atoms with E-state index in [2.05, 4.69) is 5.32 Å². The van der Waals surface area contributed by atoms with E-state index in [4.69, 9.17) is 16.7 Å². The molecule has 1 unspecified atom stereocenters. The summed E-state index contributed by atoms with van der Waals surface area (Å²) in [6, 6.07) is 4.34. The average molecular weight is 302 g/mol. The number of rotatable bonds is 6. The van der Waals surface area contributed by atoms with Gasteiger partial charge in [-0.05, 0) is 24.8 Å². The van der Waals surface area contributed by atoms with Crippen molar-refractivity contribution in [2.45, 2.75) is 19.9 Å². The van der Waals surface area contributed by atoms with Crippen molar-refractivity contribution in [3.05, 3.63) is 34.3 Å². The molecule has 0 saturated carbocycles. The smallest absolute Gasteiger partial charge is 0.336 e. The second-order valence-electron chi connectivity index (χ2n) is 4.00. The monoisotopic (exact) mass is 301 g/mol. The number of hydrogen-bond donors (Lipinski definition) is 2. The first-order valence-electron chi connectivity index (χ1n) is 5.87. The van der Waals surface area contributed by atoms with Gasteiger partial charge in [-0.3, -0.25) is 4.79 Å². The van der Waals surface area contributed by atoms with Gasteiger partial charge in [0.2, 0.25) is 0 Å². The molecule has 1 aromatic carbocycles. The van der Waals surface area contributed by atoms with Crippen LogP contribution < -0.4 is 5.32 Å². The van der Waals surface area contributed by atoms with Crippen LogP contribution in [0.2, 0.25) is 5.02 Å². The van der Waals surface area contributed by atoms with Crippen LogP contribution in [0, 0.1) is 0 Å². The molecule has 1 aromatic rings. The maximum Gasteiger partial charge on any atom is 0.336 e. The number of benzene rings is 1. The zero-order chi connectivity index (χ0) is 14.4. The third-order valence-corrected chi connectivity index (χ3v) is 3.88. The highest BCUT2D eigenvalue weighted by Crippen LogP contribution is 2.20. The van der Waals surface area contributed by atoms with Crippen molar-refractivity contribution in [3.63, 3.8) is 0 Å². The largest absolute Gasteiger partial charge is 0.478 e. The summed E-state index contributed by atoms with van der Waals surface area (Å²) in [5, 5.41) is 12.0. The minimum absolute atomic E-state index is 0.0185. The van der Waals surface area contributed by atoms with Crippen LogP contribution in [0.4, 0.5) is 0 Å². The SMILES string of the molecule is CCSCC(C)NC(=O)c1c(Cl)cccc1C(=O)O. The summed E-state index contributed by atoms with van der Waals surface area (Å²) < 4.78 is 0. The lowest BCUT2D eigenvalue weighted by atomic mass is 10.1. The van der Waals surface area contributed by atoms with Crippen LogP contribution in [0.5, 0.6) is 0 Å². The highest BCUT2D eigenvalue weighted by molar-refractivity contribution is 7.99. The normalized spacial score (nSPS) is 11.9. The Morgan fingerprint density at radius 2 is 2.16 bits per heavy atom. The minimum Gasteiger partial charge on any atom is -0.478 e. The van der Waals surface area contributed by atoms with Crippen molar-refractivity contribution in [2.24, 2.45) is 0 Å². The van der Waals surface area contributed by atoms with E-state index in [1.807, 2.05) is 13.8 Å². The van der Waals surface area contributed by atoms with Gasteiger partial charge >= 0.3 is 5.97 Å². The number of carbonyl (C=O) groups excluding carboxylic acids is 1. The fourth-order valence-electron chi connectivity index (χ4n) is 1.57. The summed E-state index contributed by atoms with van der Waals surface area (Å²) in [6.07, 6.45) is 0. The van der Waals surface area contributed by atoms with E-state index in [0.29, 0.717) is 0 Å². The summed E-state index contributed by atoms with van der Waals surface area (Å²) in [4.78, 5) is 23.2. The van der Waals surface area contributed by atoms with E-state index >= 15 is 0 Å². The molecule has 0 aliphatic heterocycles. The third kappa shape index (κ3) is 4.44. The lowest BCUT2D eigenvalue weighted by Gasteiger charge is -2.15. The Labute approximate surface area is 121 Å². The van der Waals surface area contributed by atoms with E-state index in [-0.39, 0.29) is 22.2 Å². The Bertz CT molecular complexity index is 479. The number of nitrogens with one attached hydrogen (secondary N) is 1. The van der Waals surface area contributed by atoms with E-state index in [1.54, 1.807) is 11.8 Å². The van der Waals surface area contributed by atoms with Crippen LogP contribution in [-0.2, 0) is 0 Å². The van der Waals surface area contributed by atoms with Gasteiger partial charge in [0, 0.05) is 11.8 Å². The zero-order valence-corrected chi connectivity index (χ0v) is 12.3. The fraction of sp³-hybridized carbons (Fsp3) is 0.385. The summed E-state index contributed by atoms with van der Waals surface area (Å²) in [7, 11) is 0. The van der Waals surface area contributed by atoms with Gasteiger partial charge in [-0.15, -0.1) is 0 Å². The first-order chi connectivity index (χ1) is 8.97. The Hall–Kier alpha value is -1.20. The number of hydrogen-bond acceptors (Lipinski definition) is 3. The van der Waals surface area contributed by atoms with Gasteiger partial charge in [0.25, 0.3) is 5.91 Å². The van der Waals surface area contributed by atoms with Crippen LogP contribution >= 0.6 is 23.4 Å². The molecule has 0 aliphatic carbocycles. The maximum atomic E-state index is 12.1. The quantitative estimate of drug-likeness (QED) is 0.848. The average Bonchev–Trinajstić information content (AvgIpc) is 2.35. The van der Waals surface area contributed by atoms with Gasteiger partial charge in [-0.25, -0.2) is 4.79 Å². The topological polar surface area (TPSA) is 66.4 Å².